The predicted molar refractivity (Wildman–Crippen MR) is 79.1 cm³/mol. The molecule has 0 bridgehead atoms. The first kappa shape index (κ1) is 13.3. The molecule has 0 radical (unpaired) electrons. The van der Waals surface area contributed by atoms with E-state index < -0.39 is 0 Å². The first-order valence-corrected chi connectivity index (χ1v) is 6.50. The van der Waals surface area contributed by atoms with Gasteiger partial charge in [-0.25, -0.2) is 9.97 Å². The summed E-state index contributed by atoms with van der Waals surface area (Å²) in [5.74, 6) is 1.29. The molecular formula is C15H20N4. The van der Waals surface area contributed by atoms with Crippen molar-refractivity contribution in [3.8, 4) is 0 Å². The lowest BCUT2D eigenvalue weighted by Gasteiger charge is -2.22. The third-order valence-corrected chi connectivity index (χ3v) is 3.03. The second-order valence-corrected chi connectivity index (χ2v) is 4.70. The summed E-state index contributed by atoms with van der Waals surface area (Å²) >= 11 is 0. The summed E-state index contributed by atoms with van der Waals surface area (Å²) in [7, 11) is 0. The predicted octanol–water partition coefficient (Wildman–Crippen LogP) is 2.70. The lowest BCUT2D eigenvalue weighted by molar-refractivity contribution is 0.776. The van der Waals surface area contributed by atoms with E-state index in [4.69, 9.17) is 5.73 Å². The Labute approximate surface area is 114 Å². The Hall–Kier alpha value is -2.10. The van der Waals surface area contributed by atoms with Crippen LogP contribution in [0, 0.1) is 13.8 Å². The zero-order chi connectivity index (χ0) is 13.8. The average Bonchev–Trinajstić information content (AvgIpc) is 2.36. The molecule has 0 aliphatic carbocycles. The van der Waals surface area contributed by atoms with Crippen molar-refractivity contribution < 1.29 is 0 Å². The van der Waals surface area contributed by atoms with E-state index in [0.29, 0.717) is 12.4 Å². The molecule has 0 amide bonds. The van der Waals surface area contributed by atoms with Crippen LogP contribution in [0.5, 0.6) is 0 Å². The highest BCUT2D eigenvalue weighted by molar-refractivity contribution is 5.47. The van der Waals surface area contributed by atoms with E-state index in [1.807, 2.05) is 6.92 Å². The third-order valence-electron chi connectivity index (χ3n) is 3.03. The van der Waals surface area contributed by atoms with E-state index in [1.54, 1.807) is 6.07 Å². The third kappa shape index (κ3) is 3.44. The van der Waals surface area contributed by atoms with Crippen molar-refractivity contribution in [2.45, 2.75) is 27.3 Å². The van der Waals surface area contributed by atoms with Crippen LogP contribution in [0.2, 0.25) is 0 Å². The number of aryl methyl sites for hydroxylation is 2. The molecule has 0 saturated carbocycles. The van der Waals surface area contributed by atoms with Crippen LogP contribution in [0.15, 0.2) is 30.3 Å². The van der Waals surface area contributed by atoms with E-state index in [1.165, 1.54) is 11.3 Å². The molecule has 1 heterocycles. The molecule has 0 aliphatic heterocycles. The summed E-state index contributed by atoms with van der Waals surface area (Å²) in [5, 5.41) is 0. The molecule has 0 aliphatic rings. The summed E-state index contributed by atoms with van der Waals surface area (Å²) in [6.07, 6.45) is 0. The number of rotatable bonds is 4. The van der Waals surface area contributed by atoms with Crippen LogP contribution in [-0.4, -0.2) is 16.5 Å². The smallest absolute Gasteiger partial charge is 0.150 e. The minimum Gasteiger partial charge on any atom is -0.384 e. The summed E-state index contributed by atoms with van der Waals surface area (Å²) in [5.41, 5.74) is 9.11. The van der Waals surface area contributed by atoms with Crippen molar-refractivity contribution in [3.63, 3.8) is 0 Å². The molecule has 4 nitrogen and oxygen atoms in total. The highest BCUT2D eigenvalue weighted by atomic mass is 15.1. The molecule has 0 spiro atoms. The maximum atomic E-state index is 5.77. The van der Waals surface area contributed by atoms with Gasteiger partial charge in [-0.2, -0.15) is 0 Å². The maximum absolute atomic E-state index is 5.77. The highest BCUT2D eigenvalue weighted by Gasteiger charge is 2.08. The van der Waals surface area contributed by atoms with Gasteiger partial charge in [-0.1, -0.05) is 17.7 Å². The lowest BCUT2D eigenvalue weighted by Crippen LogP contribution is -2.23. The van der Waals surface area contributed by atoms with Crippen molar-refractivity contribution in [3.05, 3.63) is 47.4 Å². The van der Waals surface area contributed by atoms with Crippen molar-refractivity contribution in [1.29, 1.82) is 0 Å². The fourth-order valence-corrected chi connectivity index (χ4v) is 2.04. The van der Waals surface area contributed by atoms with Crippen molar-refractivity contribution in [2.75, 3.05) is 17.2 Å². The van der Waals surface area contributed by atoms with Gasteiger partial charge in [-0.15, -0.1) is 0 Å². The Bertz CT molecular complexity index is 528. The first-order chi connectivity index (χ1) is 9.08. The number of benzene rings is 1. The molecule has 2 rings (SSSR count). The van der Waals surface area contributed by atoms with Crippen LogP contribution in [0.4, 0.5) is 11.5 Å². The second-order valence-electron chi connectivity index (χ2n) is 4.70. The number of hydrogen-bond acceptors (Lipinski definition) is 4. The molecule has 2 aromatic rings. The number of nitrogens with zero attached hydrogens (tertiary/aromatic N) is 3. The van der Waals surface area contributed by atoms with Crippen LogP contribution in [0.25, 0.3) is 0 Å². The van der Waals surface area contributed by atoms with E-state index in [-0.39, 0.29) is 0 Å². The van der Waals surface area contributed by atoms with Crippen LogP contribution in [-0.2, 0) is 6.54 Å². The topological polar surface area (TPSA) is 55.0 Å². The van der Waals surface area contributed by atoms with E-state index in [9.17, 15) is 0 Å². The van der Waals surface area contributed by atoms with Crippen LogP contribution in [0.1, 0.15) is 24.0 Å². The Balaban J connectivity index is 2.21. The number of hydrogen-bond donors (Lipinski definition) is 1. The number of nitrogens with two attached hydrogens (primary N) is 1. The molecule has 0 unspecified atom stereocenters. The highest BCUT2D eigenvalue weighted by Crippen LogP contribution is 2.17. The zero-order valence-corrected chi connectivity index (χ0v) is 11.7. The fraction of sp³-hybridized carbons (Fsp3) is 0.333. The molecular weight excluding hydrogens is 236 g/mol. The van der Waals surface area contributed by atoms with Crippen LogP contribution in [0.3, 0.4) is 0 Å². The fourth-order valence-electron chi connectivity index (χ4n) is 2.04. The van der Waals surface area contributed by atoms with E-state index in [2.05, 4.69) is 53.0 Å². The van der Waals surface area contributed by atoms with Gasteiger partial charge in [0.25, 0.3) is 0 Å². The monoisotopic (exact) mass is 256 g/mol. The zero-order valence-electron chi connectivity index (χ0n) is 11.7. The Kier molecular flexibility index (Phi) is 4.00. The molecule has 19 heavy (non-hydrogen) atoms. The molecule has 100 valence electrons. The Morgan fingerprint density at radius 3 is 2.37 bits per heavy atom. The van der Waals surface area contributed by atoms with Gasteiger partial charge in [0.15, 0.2) is 0 Å². The summed E-state index contributed by atoms with van der Waals surface area (Å²) in [6.45, 7) is 7.72. The quantitative estimate of drug-likeness (QED) is 0.913. The van der Waals surface area contributed by atoms with Gasteiger partial charge < -0.3 is 10.6 Å². The summed E-state index contributed by atoms with van der Waals surface area (Å²) < 4.78 is 0. The number of nitrogen functional groups attached to an aromatic ring is 1. The van der Waals surface area contributed by atoms with Gasteiger partial charge in [0.1, 0.15) is 11.6 Å². The molecule has 1 aromatic carbocycles. The molecule has 0 saturated heterocycles. The van der Waals surface area contributed by atoms with Gasteiger partial charge in [0, 0.05) is 24.0 Å². The van der Waals surface area contributed by atoms with Crippen molar-refractivity contribution in [2.24, 2.45) is 0 Å². The van der Waals surface area contributed by atoms with Crippen molar-refractivity contribution >= 4 is 11.5 Å². The molecule has 0 fully saturated rings. The second kappa shape index (κ2) is 5.69. The first-order valence-electron chi connectivity index (χ1n) is 6.50. The van der Waals surface area contributed by atoms with Gasteiger partial charge in [-0.05, 0) is 32.9 Å². The van der Waals surface area contributed by atoms with E-state index >= 15 is 0 Å². The molecule has 1 aromatic heterocycles. The summed E-state index contributed by atoms with van der Waals surface area (Å²) in [6, 6.07) is 10.3. The van der Waals surface area contributed by atoms with Gasteiger partial charge in [0.2, 0.25) is 0 Å². The molecule has 4 heteroatoms. The van der Waals surface area contributed by atoms with E-state index in [0.717, 1.165) is 18.1 Å². The van der Waals surface area contributed by atoms with Gasteiger partial charge in [-0.3, -0.25) is 0 Å². The number of anilines is 2. The molecule has 0 atom stereocenters. The van der Waals surface area contributed by atoms with Crippen LogP contribution < -0.4 is 10.6 Å². The molecule has 2 N–H and O–H groups in total. The van der Waals surface area contributed by atoms with Crippen LogP contribution >= 0.6 is 0 Å². The average molecular weight is 256 g/mol. The standard InChI is InChI=1S/C15H20N4/c1-4-19(13-7-5-11(2)6-8-13)10-15-17-12(3)9-14(16)18-15/h5-9H,4,10H2,1-3H3,(H2,16,17,18). The Morgan fingerprint density at radius 1 is 1.11 bits per heavy atom. The Morgan fingerprint density at radius 2 is 1.79 bits per heavy atom. The maximum Gasteiger partial charge on any atom is 0.150 e. The SMILES string of the molecule is CCN(Cc1nc(C)cc(N)n1)c1ccc(C)cc1. The normalized spacial score (nSPS) is 10.5. The van der Waals surface area contributed by atoms with Gasteiger partial charge >= 0.3 is 0 Å². The largest absolute Gasteiger partial charge is 0.384 e. The van der Waals surface area contributed by atoms with Crippen molar-refractivity contribution in [1.82, 2.24) is 9.97 Å². The minimum atomic E-state index is 0.530. The van der Waals surface area contributed by atoms with Gasteiger partial charge in [0.05, 0.1) is 6.54 Å². The number of aromatic nitrogens is 2. The minimum absolute atomic E-state index is 0.530. The lowest BCUT2D eigenvalue weighted by atomic mass is 10.2. The summed E-state index contributed by atoms with van der Waals surface area (Å²) in [4.78, 5) is 11.0.